The van der Waals surface area contributed by atoms with Crippen molar-refractivity contribution in [2.24, 2.45) is 0 Å². The van der Waals surface area contributed by atoms with Gasteiger partial charge >= 0.3 is 0 Å². The molecule has 5 nitrogen and oxygen atoms in total. The Bertz CT molecular complexity index is 117. The molecule has 2 atom stereocenters. The molecule has 1 heterocycles. The summed E-state index contributed by atoms with van der Waals surface area (Å²) >= 11 is 0. The van der Waals surface area contributed by atoms with Gasteiger partial charge in [-0.1, -0.05) is 0 Å². The van der Waals surface area contributed by atoms with Gasteiger partial charge in [0.2, 0.25) is 0 Å². The summed E-state index contributed by atoms with van der Waals surface area (Å²) in [4.78, 5) is 0. The molecule has 0 aromatic heterocycles. The third-order valence-corrected chi connectivity index (χ3v) is 1.65. The fourth-order valence-electron chi connectivity index (χ4n) is 1.03. The van der Waals surface area contributed by atoms with E-state index in [0.717, 1.165) is 0 Å². The molecule has 12 heavy (non-hydrogen) atoms. The number of hydrogen-bond donors (Lipinski definition) is 2. The van der Waals surface area contributed by atoms with E-state index in [1.54, 1.807) is 0 Å². The van der Waals surface area contributed by atoms with Crippen LogP contribution in [0.5, 0.6) is 0 Å². The average molecular weight is 178 g/mol. The van der Waals surface area contributed by atoms with Gasteiger partial charge in [0.15, 0.2) is 0 Å². The minimum Gasteiger partial charge on any atom is -0.394 e. The Labute approximate surface area is 70.9 Å². The predicted octanol–water partition coefficient (Wildman–Crippen LogP) is -0.925. The maximum absolute atomic E-state index is 8.78. The van der Waals surface area contributed by atoms with Crippen molar-refractivity contribution in [3.05, 3.63) is 0 Å². The van der Waals surface area contributed by atoms with Gasteiger partial charge in [-0.3, -0.25) is 0 Å². The monoisotopic (exact) mass is 178 g/mol. The summed E-state index contributed by atoms with van der Waals surface area (Å²) in [5.74, 6) is 0. The Morgan fingerprint density at radius 3 is 2.00 bits per heavy atom. The zero-order valence-electron chi connectivity index (χ0n) is 6.97. The van der Waals surface area contributed by atoms with Crippen molar-refractivity contribution in [1.29, 1.82) is 0 Å². The molecule has 0 unspecified atom stereocenters. The molecule has 1 aliphatic rings. The highest BCUT2D eigenvalue weighted by Crippen LogP contribution is 2.19. The third kappa shape index (κ3) is 2.15. The lowest BCUT2D eigenvalue weighted by Crippen LogP contribution is -2.29. The van der Waals surface area contributed by atoms with Crippen LogP contribution in [0.1, 0.15) is 6.92 Å². The van der Waals surface area contributed by atoms with Crippen LogP contribution >= 0.6 is 0 Å². The van der Waals surface area contributed by atoms with Crippen LogP contribution in [0.4, 0.5) is 0 Å². The highest BCUT2D eigenvalue weighted by Gasteiger charge is 2.35. The molecular formula is C7H14O5. The second-order valence-corrected chi connectivity index (χ2v) is 2.46. The van der Waals surface area contributed by atoms with Gasteiger partial charge in [0.25, 0.3) is 6.48 Å². The average Bonchev–Trinajstić information content (AvgIpc) is 2.48. The molecule has 0 aliphatic carbocycles. The zero-order chi connectivity index (χ0) is 8.97. The van der Waals surface area contributed by atoms with Crippen LogP contribution in [-0.2, 0) is 14.2 Å². The number of ether oxygens (including phenoxy) is 3. The smallest absolute Gasteiger partial charge is 0.272 e. The number of rotatable bonds is 4. The highest BCUT2D eigenvalue weighted by atomic mass is 16.9. The standard InChI is InChI=1S/C7H14O5/c1-2-10-7-11-5(3-8)6(4-9)12-7/h5-9H,2-4H2,1H3/t5-,6-/m0/s1. The fraction of sp³-hybridized carbons (Fsp3) is 1.00. The van der Waals surface area contributed by atoms with Gasteiger partial charge in [-0.05, 0) is 6.92 Å². The lowest BCUT2D eigenvalue weighted by molar-refractivity contribution is -0.242. The van der Waals surface area contributed by atoms with E-state index in [9.17, 15) is 0 Å². The highest BCUT2D eigenvalue weighted by molar-refractivity contribution is 4.73. The van der Waals surface area contributed by atoms with Crippen molar-refractivity contribution in [3.8, 4) is 0 Å². The first-order valence-electron chi connectivity index (χ1n) is 3.96. The lowest BCUT2D eigenvalue weighted by Gasteiger charge is -2.09. The summed E-state index contributed by atoms with van der Waals surface area (Å²) in [5.41, 5.74) is 0. The molecule has 0 aromatic rings. The molecule has 72 valence electrons. The van der Waals surface area contributed by atoms with Crippen LogP contribution in [0.3, 0.4) is 0 Å². The van der Waals surface area contributed by atoms with Gasteiger partial charge in [-0.15, -0.1) is 0 Å². The molecule has 5 heteroatoms. The van der Waals surface area contributed by atoms with Crippen molar-refractivity contribution in [2.45, 2.75) is 25.6 Å². The Hall–Kier alpha value is -0.200. The van der Waals surface area contributed by atoms with Crippen molar-refractivity contribution in [1.82, 2.24) is 0 Å². The minimum absolute atomic E-state index is 0.172. The molecule has 1 rings (SSSR count). The minimum atomic E-state index is -0.746. The van der Waals surface area contributed by atoms with Crippen LogP contribution in [0.25, 0.3) is 0 Å². The Morgan fingerprint density at radius 2 is 1.67 bits per heavy atom. The molecule has 1 aliphatic heterocycles. The molecule has 0 spiro atoms. The molecule has 0 saturated carbocycles. The Balaban J connectivity index is 2.36. The summed E-state index contributed by atoms with van der Waals surface area (Å²) in [6, 6.07) is 0. The maximum Gasteiger partial charge on any atom is 0.272 e. The first kappa shape index (κ1) is 9.88. The van der Waals surface area contributed by atoms with Gasteiger partial charge in [0.1, 0.15) is 12.2 Å². The molecule has 0 bridgehead atoms. The summed E-state index contributed by atoms with van der Waals surface area (Å²) in [5, 5.41) is 17.6. The van der Waals surface area contributed by atoms with Crippen molar-refractivity contribution in [3.63, 3.8) is 0 Å². The number of hydrogen-bond acceptors (Lipinski definition) is 5. The Morgan fingerprint density at radius 1 is 1.17 bits per heavy atom. The third-order valence-electron chi connectivity index (χ3n) is 1.65. The number of aliphatic hydroxyl groups excluding tert-OH is 2. The molecule has 2 N–H and O–H groups in total. The Kier molecular flexibility index (Phi) is 3.90. The zero-order valence-corrected chi connectivity index (χ0v) is 6.97. The summed E-state index contributed by atoms with van der Waals surface area (Å²) in [6.45, 7) is 1.20. The fourth-order valence-corrected chi connectivity index (χ4v) is 1.03. The van der Waals surface area contributed by atoms with Gasteiger partial charge in [-0.2, -0.15) is 0 Å². The molecular weight excluding hydrogens is 164 g/mol. The van der Waals surface area contributed by atoms with E-state index in [4.69, 9.17) is 24.4 Å². The van der Waals surface area contributed by atoms with E-state index in [1.165, 1.54) is 0 Å². The van der Waals surface area contributed by atoms with Gasteiger partial charge in [0, 0.05) is 6.61 Å². The van der Waals surface area contributed by atoms with Gasteiger partial charge in [-0.25, -0.2) is 0 Å². The second-order valence-electron chi connectivity index (χ2n) is 2.46. The largest absolute Gasteiger partial charge is 0.394 e. The lowest BCUT2D eigenvalue weighted by atomic mass is 10.2. The first-order chi connectivity index (χ1) is 5.81. The van der Waals surface area contributed by atoms with E-state index in [0.29, 0.717) is 6.61 Å². The first-order valence-corrected chi connectivity index (χ1v) is 3.96. The van der Waals surface area contributed by atoms with E-state index < -0.39 is 18.7 Å². The molecule has 0 radical (unpaired) electrons. The van der Waals surface area contributed by atoms with E-state index in [-0.39, 0.29) is 13.2 Å². The second kappa shape index (κ2) is 4.74. The van der Waals surface area contributed by atoms with Crippen LogP contribution in [0.2, 0.25) is 0 Å². The maximum atomic E-state index is 8.78. The summed E-state index contributed by atoms with van der Waals surface area (Å²) < 4.78 is 15.2. The van der Waals surface area contributed by atoms with Crippen LogP contribution in [-0.4, -0.2) is 48.7 Å². The molecule has 1 saturated heterocycles. The van der Waals surface area contributed by atoms with Crippen molar-refractivity contribution >= 4 is 0 Å². The molecule has 0 amide bonds. The quantitative estimate of drug-likeness (QED) is 0.582. The molecule has 1 fully saturated rings. The van der Waals surface area contributed by atoms with Crippen LogP contribution in [0, 0.1) is 0 Å². The number of aliphatic hydroxyl groups is 2. The van der Waals surface area contributed by atoms with E-state index >= 15 is 0 Å². The predicted molar refractivity (Wildman–Crippen MR) is 39.3 cm³/mol. The molecule has 0 aromatic carbocycles. The van der Waals surface area contributed by atoms with Crippen LogP contribution in [0.15, 0.2) is 0 Å². The van der Waals surface area contributed by atoms with Crippen molar-refractivity contribution < 1.29 is 24.4 Å². The van der Waals surface area contributed by atoms with Gasteiger partial charge in [0.05, 0.1) is 13.2 Å². The van der Waals surface area contributed by atoms with E-state index in [1.807, 2.05) is 6.92 Å². The normalized spacial score (nSPS) is 31.2. The van der Waals surface area contributed by atoms with E-state index in [2.05, 4.69) is 0 Å². The topological polar surface area (TPSA) is 68.2 Å². The summed E-state index contributed by atoms with van der Waals surface area (Å²) in [7, 11) is 0. The van der Waals surface area contributed by atoms with Crippen molar-refractivity contribution in [2.75, 3.05) is 19.8 Å². The van der Waals surface area contributed by atoms with Crippen LogP contribution < -0.4 is 0 Å². The SMILES string of the molecule is CCOC1O[C@@H](CO)[C@H](CO)O1. The van der Waals surface area contributed by atoms with Gasteiger partial charge < -0.3 is 24.4 Å². The summed E-state index contributed by atoms with van der Waals surface area (Å²) in [6.07, 6.45) is -0.960.